The number of benzene rings is 1. The third kappa shape index (κ3) is 12.2. The Morgan fingerprint density at radius 1 is 1.24 bits per heavy atom. The zero-order valence-electron chi connectivity index (χ0n) is 20.1. The van der Waals surface area contributed by atoms with E-state index in [4.69, 9.17) is 10.5 Å². The van der Waals surface area contributed by atoms with Crippen LogP contribution in [0.1, 0.15) is 32.3 Å². The van der Waals surface area contributed by atoms with Crippen LogP contribution in [-0.4, -0.2) is 80.5 Å². The van der Waals surface area contributed by atoms with E-state index in [-0.39, 0.29) is 43.2 Å². The summed E-state index contributed by atoms with van der Waals surface area (Å²) in [5.41, 5.74) is 6.83. The summed E-state index contributed by atoms with van der Waals surface area (Å²) >= 11 is 4.21. The Kier molecular flexibility index (Phi) is 13.7. The number of hydrogen-bond acceptors (Lipinski definition) is 8. The summed E-state index contributed by atoms with van der Waals surface area (Å²) in [6, 6.07) is 7.75. The summed E-state index contributed by atoms with van der Waals surface area (Å²) in [4.78, 5) is 24.7. The first-order chi connectivity index (χ1) is 16.0. The highest BCUT2D eigenvalue weighted by Gasteiger charge is 2.28. The molecule has 1 aromatic carbocycles. The first-order valence-electron chi connectivity index (χ1n) is 11.4. The van der Waals surface area contributed by atoms with Crippen molar-refractivity contribution in [1.29, 1.82) is 0 Å². The SMILES string of the molecule is CCC(C)[C@@H](CO[C@@H](Cc1ccccc1)C(=O)N[C@@H](CCS(C)(=O)=O)C(=O)O)NC[C@@H](N)CS. The van der Waals surface area contributed by atoms with Crippen LogP contribution in [0.4, 0.5) is 0 Å². The van der Waals surface area contributed by atoms with Crippen molar-refractivity contribution in [3.63, 3.8) is 0 Å². The van der Waals surface area contributed by atoms with E-state index in [0.717, 1.165) is 18.2 Å². The molecule has 1 amide bonds. The van der Waals surface area contributed by atoms with E-state index in [9.17, 15) is 23.1 Å². The van der Waals surface area contributed by atoms with Gasteiger partial charge in [-0.3, -0.25) is 4.79 Å². The number of thiol groups is 1. The van der Waals surface area contributed by atoms with Gasteiger partial charge in [-0.25, -0.2) is 13.2 Å². The average Bonchev–Trinajstić information content (AvgIpc) is 2.79. The van der Waals surface area contributed by atoms with Crippen LogP contribution < -0.4 is 16.4 Å². The molecule has 1 rings (SSSR count). The van der Waals surface area contributed by atoms with E-state index < -0.39 is 33.9 Å². The van der Waals surface area contributed by atoms with Crippen molar-refractivity contribution in [3.8, 4) is 0 Å². The molecule has 1 aromatic rings. The van der Waals surface area contributed by atoms with Crippen LogP contribution in [0.15, 0.2) is 30.3 Å². The predicted octanol–water partition coefficient (Wildman–Crippen LogP) is 0.880. The highest BCUT2D eigenvalue weighted by atomic mass is 32.2. The third-order valence-electron chi connectivity index (χ3n) is 5.63. The van der Waals surface area contributed by atoms with Gasteiger partial charge in [0.05, 0.1) is 12.4 Å². The molecule has 5 N–H and O–H groups in total. The van der Waals surface area contributed by atoms with Gasteiger partial charge in [0.1, 0.15) is 22.0 Å². The van der Waals surface area contributed by atoms with Gasteiger partial charge >= 0.3 is 5.97 Å². The summed E-state index contributed by atoms with van der Waals surface area (Å²) in [6.45, 7) is 4.90. The summed E-state index contributed by atoms with van der Waals surface area (Å²) in [7, 11) is -3.38. The van der Waals surface area contributed by atoms with Gasteiger partial charge in [0, 0.05) is 37.1 Å². The number of nitrogens with one attached hydrogen (secondary N) is 2. The lowest BCUT2D eigenvalue weighted by Crippen LogP contribution is -2.50. The van der Waals surface area contributed by atoms with E-state index >= 15 is 0 Å². The number of sulfone groups is 1. The number of carboxylic acid groups (broad SMARTS) is 1. The maximum absolute atomic E-state index is 13.1. The monoisotopic (exact) mass is 517 g/mol. The molecule has 34 heavy (non-hydrogen) atoms. The molecule has 0 radical (unpaired) electrons. The minimum atomic E-state index is -3.38. The number of amides is 1. The van der Waals surface area contributed by atoms with E-state index in [2.05, 4.69) is 37.1 Å². The number of rotatable bonds is 17. The molecule has 0 aliphatic carbocycles. The molecule has 11 heteroatoms. The van der Waals surface area contributed by atoms with Crippen LogP contribution in [0, 0.1) is 5.92 Å². The fourth-order valence-corrected chi connectivity index (χ4v) is 4.00. The summed E-state index contributed by atoms with van der Waals surface area (Å²) in [5, 5.41) is 15.3. The normalized spacial score (nSPS) is 16.3. The first-order valence-corrected chi connectivity index (χ1v) is 14.1. The van der Waals surface area contributed by atoms with E-state index in [1.165, 1.54) is 0 Å². The first kappa shape index (κ1) is 30.4. The summed E-state index contributed by atoms with van der Waals surface area (Å²) < 4.78 is 29.0. The van der Waals surface area contributed by atoms with Crippen LogP contribution in [-0.2, 0) is 30.6 Å². The van der Waals surface area contributed by atoms with Gasteiger partial charge in [-0.15, -0.1) is 0 Å². The second-order valence-electron chi connectivity index (χ2n) is 8.67. The molecule has 0 aromatic heterocycles. The lowest BCUT2D eigenvalue weighted by molar-refractivity contribution is -0.144. The lowest BCUT2D eigenvalue weighted by Gasteiger charge is -2.28. The Labute approximate surface area is 208 Å². The molecule has 0 bridgehead atoms. The van der Waals surface area contributed by atoms with Gasteiger partial charge in [0.25, 0.3) is 0 Å². The maximum Gasteiger partial charge on any atom is 0.326 e. The van der Waals surface area contributed by atoms with E-state index in [0.29, 0.717) is 12.3 Å². The Morgan fingerprint density at radius 2 is 1.88 bits per heavy atom. The second-order valence-corrected chi connectivity index (χ2v) is 11.3. The van der Waals surface area contributed by atoms with Crippen molar-refractivity contribution in [1.82, 2.24) is 10.6 Å². The number of ether oxygens (including phenoxy) is 1. The smallest absolute Gasteiger partial charge is 0.326 e. The minimum Gasteiger partial charge on any atom is -0.480 e. The van der Waals surface area contributed by atoms with Gasteiger partial charge < -0.3 is 26.2 Å². The summed E-state index contributed by atoms with van der Waals surface area (Å²) in [6.07, 6.45) is 0.982. The molecule has 0 aliphatic rings. The Morgan fingerprint density at radius 3 is 2.41 bits per heavy atom. The van der Waals surface area contributed by atoms with Crippen LogP contribution in [0.3, 0.4) is 0 Å². The number of aliphatic carboxylic acids is 1. The molecule has 0 aliphatic heterocycles. The van der Waals surface area contributed by atoms with Gasteiger partial charge in [-0.2, -0.15) is 12.6 Å². The quantitative estimate of drug-likeness (QED) is 0.191. The molecular weight excluding hydrogens is 478 g/mol. The van der Waals surface area contributed by atoms with Crippen molar-refractivity contribution in [2.24, 2.45) is 11.7 Å². The van der Waals surface area contributed by atoms with E-state index in [1.807, 2.05) is 30.3 Å². The number of nitrogens with two attached hydrogens (primary N) is 1. The van der Waals surface area contributed by atoms with Crippen molar-refractivity contribution in [2.45, 2.75) is 57.3 Å². The minimum absolute atomic E-state index is 0.0671. The zero-order chi connectivity index (χ0) is 25.7. The molecule has 0 saturated carbocycles. The highest BCUT2D eigenvalue weighted by Crippen LogP contribution is 2.13. The number of hydrogen-bond donors (Lipinski definition) is 5. The molecule has 0 spiro atoms. The fourth-order valence-electron chi connectivity index (χ4n) is 3.21. The molecule has 9 nitrogen and oxygen atoms in total. The zero-order valence-corrected chi connectivity index (χ0v) is 21.9. The standard InChI is InChI=1S/C23H39N3O6S2/c1-4-16(2)20(25-13-18(24)15-33)14-32-21(12-17-8-6-5-7-9-17)22(27)26-19(23(28)29)10-11-34(3,30)31/h5-9,16,18-21,25,33H,4,10-15,24H2,1-3H3,(H,26,27)(H,28,29)/t16?,18-,19+,20-,21+/m1/s1. The van der Waals surface area contributed by atoms with Crippen LogP contribution in [0.5, 0.6) is 0 Å². The van der Waals surface area contributed by atoms with Crippen LogP contribution in [0.25, 0.3) is 0 Å². The van der Waals surface area contributed by atoms with Crippen molar-refractivity contribution in [3.05, 3.63) is 35.9 Å². The third-order valence-corrected chi connectivity index (χ3v) is 7.08. The second kappa shape index (κ2) is 15.4. The van der Waals surface area contributed by atoms with E-state index in [1.54, 1.807) is 0 Å². The fraction of sp³-hybridized carbons (Fsp3) is 0.652. The number of carbonyl (C=O) groups excluding carboxylic acids is 1. The van der Waals surface area contributed by atoms with Crippen molar-refractivity contribution < 1.29 is 27.9 Å². The van der Waals surface area contributed by atoms with Gasteiger partial charge in [-0.1, -0.05) is 50.6 Å². The molecule has 0 fully saturated rings. The Hall–Kier alpha value is -1.66. The number of carbonyl (C=O) groups is 2. The maximum atomic E-state index is 13.1. The Balaban J connectivity index is 2.97. The van der Waals surface area contributed by atoms with Crippen LogP contribution in [0.2, 0.25) is 0 Å². The van der Waals surface area contributed by atoms with Gasteiger partial charge in [0.15, 0.2) is 0 Å². The summed E-state index contributed by atoms with van der Waals surface area (Å²) in [5.74, 6) is -1.46. The highest BCUT2D eigenvalue weighted by molar-refractivity contribution is 7.90. The predicted molar refractivity (Wildman–Crippen MR) is 137 cm³/mol. The average molecular weight is 518 g/mol. The largest absolute Gasteiger partial charge is 0.480 e. The Bertz CT molecular complexity index is 854. The topological polar surface area (TPSA) is 148 Å². The van der Waals surface area contributed by atoms with Crippen LogP contribution >= 0.6 is 12.6 Å². The molecular formula is C23H39N3O6S2. The van der Waals surface area contributed by atoms with Crippen molar-refractivity contribution in [2.75, 3.05) is 30.9 Å². The molecule has 5 atom stereocenters. The van der Waals surface area contributed by atoms with Gasteiger partial charge in [0.2, 0.25) is 5.91 Å². The molecule has 194 valence electrons. The number of carboxylic acids is 1. The lowest BCUT2D eigenvalue weighted by atomic mass is 9.99. The molecule has 0 heterocycles. The molecule has 0 saturated heterocycles. The van der Waals surface area contributed by atoms with Crippen molar-refractivity contribution >= 4 is 34.3 Å². The molecule has 1 unspecified atom stereocenters. The van der Waals surface area contributed by atoms with Gasteiger partial charge in [-0.05, 0) is 17.9 Å².